The highest BCUT2D eigenvalue weighted by molar-refractivity contribution is 5.69. The Kier molecular flexibility index (Phi) is 5.46. The number of piperidine rings is 1. The summed E-state index contributed by atoms with van der Waals surface area (Å²) in [5.41, 5.74) is 3.10. The number of hydrogen-bond acceptors (Lipinski definition) is 5. The summed E-state index contributed by atoms with van der Waals surface area (Å²) in [5, 5.41) is 0. The van der Waals surface area contributed by atoms with Gasteiger partial charge in [-0.25, -0.2) is 0 Å². The molecule has 1 aromatic heterocycles. The first-order chi connectivity index (χ1) is 12.9. The Morgan fingerprint density at radius 1 is 1.08 bits per heavy atom. The van der Waals surface area contributed by atoms with E-state index in [1.165, 1.54) is 19.4 Å². The standard InChI is InChI=1S/C21H27N3O2/c1-25-19-7-3-2-6-18(19)21-20(22-10-11-23-21)16-5-4-12-24(15-16)17-8-13-26-14-9-17/h2-3,6-7,10-11,16-17H,4-5,8-9,12-15H2,1H3. The van der Waals surface area contributed by atoms with E-state index >= 15 is 0 Å². The predicted molar refractivity (Wildman–Crippen MR) is 101 cm³/mol. The van der Waals surface area contributed by atoms with Crippen molar-refractivity contribution in [2.75, 3.05) is 33.4 Å². The van der Waals surface area contributed by atoms with Crippen LogP contribution in [0.3, 0.4) is 0 Å². The molecule has 5 nitrogen and oxygen atoms in total. The van der Waals surface area contributed by atoms with Gasteiger partial charge in [-0.1, -0.05) is 12.1 Å². The first-order valence-corrected chi connectivity index (χ1v) is 9.63. The van der Waals surface area contributed by atoms with Crippen molar-refractivity contribution < 1.29 is 9.47 Å². The second-order valence-corrected chi connectivity index (χ2v) is 7.17. The van der Waals surface area contributed by atoms with Gasteiger partial charge in [0.1, 0.15) is 5.75 Å². The van der Waals surface area contributed by atoms with Gasteiger partial charge in [-0.15, -0.1) is 0 Å². The van der Waals surface area contributed by atoms with E-state index in [1.807, 2.05) is 24.4 Å². The highest BCUT2D eigenvalue weighted by Crippen LogP contribution is 2.36. The van der Waals surface area contributed by atoms with Gasteiger partial charge in [0.05, 0.1) is 18.5 Å². The lowest BCUT2D eigenvalue weighted by Gasteiger charge is -2.40. The molecule has 0 saturated carbocycles. The van der Waals surface area contributed by atoms with E-state index in [2.05, 4.69) is 16.0 Å². The van der Waals surface area contributed by atoms with Crippen molar-refractivity contribution in [2.45, 2.75) is 37.6 Å². The third-order valence-corrected chi connectivity index (χ3v) is 5.64. The largest absolute Gasteiger partial charge is 0.496 e. The zero-order chi connectivity index (χ0) is 17.8. The van der Waals surface area contributed by atoms with Gasteiger partial charge in [0.15, 0.2) is 0 Å². The topological polar surface area (TPSA) is 47.5 Å². The van der Waals surface area contributed by atoms with Crippen LogP contribution in [0.1, 0.15) is 37.3 Å². The zero-order valence-corrected chi connectivity index (χ0v) is 15.4. The molecule has 2 aromatic rings. The van der Waals surface area contributed by atoms with Gasteiger partial charge < -0.3 is 9.47 Å². The molecular formula is C21H27N3O2. The summed E-state index contributed by atoms with van der Waals surface area (Å²) in [6, 6.07) is 8.74. The Morgan fingerprint density at radius 2 is 1.88 bits per heavy atom. The fourth-order valence-electron chi connectivity index (χ4n) is 4.31. The quantitative estimate of drug-likeness (QED) is 0.842. The molecular weight excluding hydrogens is 326 g/mol. The van der Waals surface area contributed by atoms with Crippen molar-refractivity contribution in [1.82, 2.24) is 14.9 Å². The Bertz CT molecular complexity index is 731. The van der Waals surface area contributed by atoms with E-state index in [9.17, 15) is 0 Å². The SMILES string of the molecule is COc1ccccc1-c1nccnc1C1CCCN(C2CCOCC2)C1. The van der Waals surface area contributed by atoms with Gasteiger partial charge >= 0.3 is 0 Å². The average molecular weight is 353 g/mol. The molecule has 1 atom stereocenters. The number of para-hydroxylation sites is 1. The maximum atomic E-state index is 5.57. The number of nitrogens with zero attached hydrogens (tertiary/aromatic N) is 3. The van der Waals surface area contributed by atoms with Gasteiger partial charge in [-0.2, -0.15) is 0 Å². The lowest BCUT2D eigenvalue weighted by Crippen LogP contribution is -2.44. The number of benzene rings is 1. The Hall–Kier alpha value is -1.98. The summed E-state index contributed by atoms with van der Waals surface area (Å²) in [7, 11) is 1.71. The van der Waals surface area contributed by atoms with Gasteiger partial charge in [-0.05, 0) is 44.4 Å². The molecule has 5 heteroatoms. The van der Waals surface area contributed by atoms with Crippen LogP contribution < -0.4 is 4.74 Å². The molecule has 0 bridgehead atoms. The third-order valence-electron chi connectivity index (χ3n) is 5.64. The second-order valence-electron chi connectivity index (χ2n) is 7.17. The lowest BCUT2D eigenvalue weighted by molar-refractivity contribution is 0.0238. The minimum Gasteiger partial charge on any atom is -0.496 e. The maximum absolute atomic E-state index is 5.57. The van der Waals surface area contributed by atoms with E-state index < -0.39 is 0 Å². The predicted octanol–water partition coefficient (Wildman–Crippen LogP) is 3.51. The van der Waals surface area contributed by atoms with E-state index in [0.29, 0.717) is 12.0 Å². The van der Waals surface area contributed by atoms with E-state index in [4.69, 9.17) is 14.5 Å². The molecule has 2 saturated heterocycles. The van der Waals surface area contributed by atoms with Crippen LogP contribution in [0.2, 0.25) is 0 Å². The molecule has 0 N–H and O–H groups in total. The summed E-state index contributed by atoms with van der Waals surface area (Å²) < 4.78 is 11.1. The molecule has 0 radical (unpaired) electrons. The minimum atomic E-state index is 0.417. The fourth-order valence-corrected chi connectivity index (χ4v) is 4.31. The molecule has 4 rings (SSSR count). The summed E-state index contributed by atoms with van der Waals surface area (Å²) in [6.07, 6.45) is 8.27. The normalized spacial score (nSPS) is 22.3. The van der Waals surface area contributed by atoms with Crippen molar-refractivity contribution >= 4 is 0 Å². The number of ether oxygens (including phenoxy) is 2. The third kappa shape index (κ3) is 3.60. The van der Waals surface area contributed by atoms with Crippen LogP contribution in [0.4, 0.5) is 0 Å². The lowest BCUT2D eigenvalue weighted by atomic mass is 9.89. The smallest absolute Gasteiger partial charge is 0.128 e. The number of rotatable bonds is 4. The van der Waals surface area contributed by atoms with Crippen LogP contribution in [-0.4, -0.2) is 54.3 Å². The highest BCUT2D eigenvalue weighted by Gasteiger charge is 2.30. The Balaban J connectivity index is 1.61. The summed E-state index contributed by atoms with van der Waals surface area (Å²) >= 11 is 0. The first kappa shape index (κ1) is 17.4. The second kappa shape index (κ2) is 8.14. The van der Waals surface area contributed by atoms with Crippen molar-refractivity contribution in [3.63, 3.8) is 0 Å². The van der Waals surface area contributed by atoms with E-state index in [1.54, 1.807) is 13.3 Å². The number of aromatic nitrogens is 2. The molecule has 3 heterocycles. The summed E-state index contributed by atoms with van der Waals surface area (Å²) in [5.74, 6) is 1.27. The van der Waals surface area contributed by atoms with Crippen LogP contribution in [-0.2, 0) is 4.74 Å². The van der Waals surface area contributed by atoms with Crippen molar-refractivity contribution in [2.24, 2.45) is 0 Å². The zero-order valence-electron chi connectivity index (χ0n) is 15.4. The van der Waals surface area contributed by atoms with E-state index in [-0.39, 0.29) is 0 Å². The highest BCUT2D eigenvalue weighted by atomic mass is 16.5. The monoisotopic (exact) mass is 353 g/mol. The van der Waals surface area contributed by atoms with Crippen LogP contribution >= 0.6 is 0 Å². The molecule has 2 fully saturated rings. The van der Waals surface area contributed by atoms with Gasteiger partial charge in [0.25, 0.3) is 0 Å². The summed E-state index contributed by atoms with van der Waals surface area (Å²) in [6.45, 7) is 4.03. The molecule has 2 aliphatic heterocycles. The molecule has 2 aliphatic rings. The number of methoxy groups -OCH3 is 1. The van der Waals surface area contributed by atoms with Crippen molar-refractivity contribution in [1.29, 1.82) is 0 Å². The fraction of sp³-hybridized carbons (Fsp3) is 0.524. The Morgan fingerprint density at radius 3 is 2.73 bits per heavy atom. The Labute approximate surface area is 155 Å². The molecule has 0 aliphatic carbocycles. The molecule has 1 aromatic carbocycles. The molecule has 0 spiro atoms. The minimum absolute atomic E-state index is 0.417. The number of likely N-dealkylation sites (tertiary alicyclic amines) is 1. The molecule has 138 valence electrons. The molecule has 1 unspecified atom stereocenters. The van der Waals surface area contributed by atoms with Crippen molar-refractivity contribution in [3.05, 3.63) is 42.4 Å². The van der Waals surface area contributed by atoms with Gasteiger partial charge in [-0.3, -0.25) is 14.9 Å². The van der Waals surface area contributed by atoms with Crippen LogP contribution in [0.15, 0.2) is 36.7 Å². The summed E-state index contributed by atoms with van der Waals surface area (Å²) in [4.78, 5) is 12.1. The average Bonchev–Trinajstić information content (AvgIpc) is 2.74. The van der Waals surface area contributed by atoms with Gasteiger partial charge in [0.2, 0.25) is 0 Å². The number of hydrogen-bond donors (Lipinski definition) is 0. The molecule has 0 amide bonds. The van der Waals surface area contributed by atoms with Crippen LogP contribution in [0.5, 0.6) is 5.75 Å². The van der Waals surface area contributed by atoms with Crippen LogP contribution in [0.25, 0.3) is 11.3 Å². The molecule has 26 heavy (non-hydrogen) atoms. The van der Waals surface area contributed by atoms with Gasteiger partial charge in [0, 0.05) is 49.7 Å². The van der Waals surface area contributed by atoms with E-state index in [0.717, 1.165) is 55.3 Å². The maximum Gasteiger partial charge on any atom is 0.128 e. The van der Waals surface area contributed by atoms with Crippen LogP contribution in [0, 0.1) is 0 Å². The first-order valence-electron chi connectivity index (χ1n) is 9.63. The van der Waals surface area contributed by atoms with Crippen molar-refractivity contribution in [3.8, 4) is 17.0 Å².